The lowest BCUT2D eigenvalue weighted by Crippen LogP contribution is -2.33. The zero-order valence-electron chi connectivity index (χ0n) is 13.4. The average molecular weight is 465 g/mol. The van der Waals surface area contributed by atoms with Gasteiger partial charge in [0.05, 0.1) is 17.2 Å². The second-order valence-corrected chi connectivity index (χ2v) is 7.55. The molecule has 2 aromatic carbocycles. The van der Waals surface area contributed by atoms with E-state index in [9.17, 15) is 9.59 Å². The van der Waals surface area contributed by atoms with Crippen molar-refractivity contribution in [3.8, 4) is 0 Å². The van der Waals surface area contributed by atoms with Crippen molar-refractivity contribution in [2.75, 3.05) is 7.05 Å². The van der Waals surface area contributed by atoms with Crippen molar-refractivity contribution in [1.82, 2.24) is 14.5 Å². The Hall–Kier alpha value is -1.99. The van der Waals surface area contributed by atoms with Gasteiger partial charge in [-0.1, -0.05) is 44.0 Å². The number of halogens is 2. The van der Waals surface area contributed by atoms with Crippen LogP contribution in [0.3, 0.4) is 0 Å². The Bertz CT molecular complexity index is 984. The van der Waals surface area contributed by atoms with Crippen LogP contribution in [-0.4, -0.2) is 27.4 Å². The molecule has 3 rings (SSSR count). The maximum atomic E-state index is 12.6. The monoisotopic (exact) mass is 463 g/mol. The quantitative estimate of drug-likeness (QED) is 0.592. The van der Waals surface area contributed by atoms with E-state index >= 15 is 0 Å². The number of amides is 1. The van der Waals surface area contributed by atoms with Crippen LogP contribution in [0.1, 0.15) is 5.56 Å². The molecule has 7 heteroatoms. The highest BCUT2D eigenvalue weighted by Crippen LogP contribution is 2.15. The van der Waals surface area contributed by atoms with E-state index in [1.165, 1.54) is 10.9 Å². The van der Waals surface area contributed by atoms with E-state index in [4.69, 9.17) is 0 Å². The maximum absolute atomic E-state index is 12.6. The van der Waals surface area contributed by atoms with Crippen LogP contribution in [0.15, 0.2) is 62.5 Å². The van der Waals surface area contributed by atoms with Gasteiger partial charge in [0.25, 0.3) is 5.56 Å². The van der Waals surface area contributed by atoms with Gasteiger partial charge in [-0.15, -0.1) is 0 Å². The molecule has 128 valence electrons. The van der Waals surface area contributed by atoms with Gasteiger partial charge in [-0.25, -0.2) is 4.98 Å². The van der Waals surface area contributed by atoms with E-state index < -0.39 is 0 Å². The van der Waals surface area contributed by atoms with Crippen LogP contribution >= 0.6 is 31.9 Å². The lowest BCUT2D eigenvalue weighted by molar-refractivity contribution is -0.131. The molecule has 0 saturated heterocycles. The molecule has 3 aromatic rings. The minimum atomic E-state index is -0.225. The Labute approximate surface area is 161 Å². The molecule has 5 nitrogen and oxygen atoms in total. The minimum absolute atomic E-state index is 0.0404. The summed E-state index contributed by atoms with van der Waals surface area (Å²) in [6, 6.07) is 13.1. The third-order valence-electron chi connectivity index (χ3n) is 3.85. The number of hydrogen-bond acceptors (Lipinski definition) is 3. The van der Waals surface area contributed by atoms with E-state index in [2.05, 4.69) is 36.8 Å². The van der Waals surface area contributed by atoms with Gasteiger partial charge in [-0.3, -0.25) is 14.2 Å². The van der Waals surface area contributed by atoms with Crippen LogP contribution in [-0.2, 0) is 17.9 Å². The fourth-order valence-corrected chi connectivity index (χ4v) is 3.09. The Morgan fingerprint density at radius 2 is 1.80 bits per heavy atom. The summed E-state index contributed by atoms with van der Waals surface area (Å²) in [5, 5.41) is 0.486. The summed E-state index contributed by atoms with van der Waals surface area (Å²) in [6.07, 6.45) is 1.42. The first-order valence-electron chi connectivity index (χ1n) is 7.57. The predicted octanol–water partition coefficient (Wildman–Crippen LogP) is 3.58. The zero-order valence-corrected chi connectivity index (χ0v) is 16.6. The van der Waals surface area contributed by atoms with Gasteiger partial charge in [0.15, 0.2) is 0 Å². The highest BCUT2D eigenvalue weighted by atomic mass is 79.9. The summed E-state index contributed by atoms with van der Waals surface area (Å²) >= 11 is 6.74. The molecule has 1 aromatic heterocycles. The van der Waals surface area contributed by atoms with Crippen molar-refractivity contribution >= 4 is 48.7 Å². The SMILES string of the molecule is CN(Cc1ccc(Br)cc1)C(=O)Cn1cnc2ccc(Br)cc2c1=O. The first kappa shape index (κ1) is 17.8. The first-order chi connectivity index (χ1) is 11.9. The second-order valence-electron chi connectivity index (χ2n) is 5.72. The normalized spacial score (nSPS) is 10.8. The van der Waals surface area contributed by atoms with Gasteiger partial charge >= 0.3 is 0 Å². The summed E-state index contributed by atoms with van der Waals surface area (Å²) < 4.78 is 3.13. The van der Waals surface area contributed by atoms with Crippen LogP contribution in [0.5, 0.6) is 0 Å². The van der Waals surface area contributed by atoms with Crippen molar-refractivity contribution in [2.45, 2.75) is 13.1 Å². The fraction of sp³-hybridized carbons (Fsp3) is 0.167. The van der Waals surface area contributed by atoms with Gasteiger partial charge < -0.3 is 4.90 Å². The third kappa shape index (κ3) is 4.16. The van der Waals surface area contributed by atoms with Crippen molar-refractivity contribution in [3.05, 3.63) is 73.7 Å². The molecule has 0 radical (unpaired) electrons. The second kappa shape index (κ2) is 7.49. The Morgan fingerprint density at radius 1 is 1.12 bits per heavy atom. The molecule has 0 unspecified atom stereocenters. The van der Waals surface area contributed by atoms with Crippen molar-refractivity contribution in [1.29, 1.82) is 0 Å². The molecule has 0 bridgehead atoms. The van der Waals surface area contributed by atoms with Gasteiger partial charge in [0, 0.05) is 22.5 Å². The molecule has 0 N–H and O–H groups in total. The fourth-order valence-electron chi connectivity index (χ4n) is 2.46. The molecule has 0 saturated carbocycles. The Balaban J connectivity index is 1.78. The zero-order chi connectivity index (χ0) is 18.0. The number of hydrogen-bond donors (Lipinski definition) is 0. The topological polar surface area (TPSA) is 55.2 Å². The Kier molecular flexibility index (Phi) is 5.34. The number of aromatic nitrogens is 2. The summed E-state index contributed by atoms with van der Waals surface area (Å²) in [6.45, 7) is 0.439. The van der Waals surface area contributed by atoms with Gasteiger partial charge in [-0.05, 0) is 35.9 Å². The minimum Gasteiger partial charge on any atom is -0.340 e. The van der Waals surface area contributed by atoms with E-state index in [1.54, 1.807) is 24.1 Å². The van der Waals surface area contributed by atoms with Gasteiger partial charge in [0.1, 0.15) is 6.54 Å². The molecular formula is C18H15Br2N3O2. The smallest absolute Gasteiger partial charge is 0.261 e. The van der Waals surface area contributed by atoms with Crippen molar-refractivity contribution < 1.29 is 4.79 Å². The molecular weight excluding hydrogens is 450 g/mol. The first-order valence-corrected chi connectivity index (χ1v) is 9.16. The van der Waals surface area contributed by atoms with E-state index in [0.717, 1.165) is 14.5 Å². The van der Waals surface area contributed by atoms with Gasteiger partial charge in [0.2, 0.25) is 5.91 Å². The molecule has 1 heterocycles. The molecule has 0 aliphatic rings. The number of fused-ring (bicyclic) bond motifs is 1. The van der Waals surface area contributed by atoms with Crippen LogP contribution in [0.4, 0.5) is 0 Å². The molecule has 25 heavy (non-hydrogen) atoms. The van der Waals surface area contributed by atoms with Crippen LogP contribution in [0.25, 0.3) is 10.9 Å². The lowest BCUT2D eigenvalue weighted by Gasteiger charge is -2.18. The molecule has 0 aliphatic heterocycles. The highest BCUT2D eigenvalue weighted by Gasteiger charge is 2.13. The molecule has 0 atom stereocenters. The molecule has 1 amide bonds. The number of rotatable bonds is 4. The largest absolute Gasteiger partial charge is 0.340 e. The lowest BCUT2D eigenvalue weighted by atomic mass is 10.2. The van der Waals surface area contributed by atoms with Crippen LogP contribution in [0, 0.1) is 0 Å². The molecule has 0 fully saturated rings. The van der Waals surface area contributed by atoms with E-state index in [1.807, 2.05) is 30.3 Å². The van der Waals surface area contributed by atoms with Crippen LogP contribution in [0.2, 0.25) is 0 Å². The van der Waals surface area contributed by atoms with Crippen molar-refractivity contribution in [2.24, 2.45) is 0 Å². The number of carbonyl (C=O) groups excluding carboxylic acids is 1. The average Bonchev–Trinajstić information content (AvgIpc) is 2.59. The summed E-state index contributed by atoms with van der Waals surface area (Å²) in [5.74, 6) is -0.152. The number of likely N-dealkylation sites (N-methyl/N-ethyl adjacent to an activating group) is 1. The summed E-state index contributed by atoms with van der Waals surface area (Å²) in [7, 11) is 1.72. The Morgan fingerprint density at radius 3 is 2.52 bits per heavy atom. The van der Waals surface area contributed by atoms with Gasteiger partial charge in [-0.2, -0.15) is 0 Å². The maximum Gasteiger partial charge on any atom is 0.261 e. The van der Waals surface area contributed by atoms with Crippen molar-refractivity contribution in [3.63, 3.8) is 0 Å². The van der Waals surface area contributed by atoms with E-state index in [0.29, 0.717) is 17.4 Å². The third-order valence-corrected chi connectivity index (χ3v) is 4.87. The standard InChI is InChI=1S/C18H15Br2N3O2/c1-22(9-12-2-4-13(19)5-3-12)17(24)10-23-11-21-16-7-6-14(20)8-15(16)18(23)25/h2-8,11H,9-10H2,1H3. The van der Waals surface area contributed by atoms with Crippen LogP contribution < -0.4 is 5.56 Å². The molecule has 0 spiro atoms. The summed E-state index contributed by atoms with van der Waals surface area (Å²) in [5.41, 5.74) is 1.41. The molecule has 0 aliphatic carbocycles. The number of carbonyl (C=O) groups is 1. The predicted molar refractivity (Wildman–Crippen MR) is 104 cm³/mol. The highest BCUT2D eigenvalue weighted by molar-refractivity contribution is 9.10. The van der Waals surface area contributed by atoms with E-state index in [-0.39, 0.29) is 18.0 Å². The number of benzene rings is 2. The summed E-state index contributed by atoms with van der Waals surface area (Å²) in [4.78, 5) is 30.9. The number of nitrogens with zero attached hydrogens (tertiary/aromatic N) is 3.